The van der Waals surface area contributed by atoms with E-state index in [1.54, 1.807) is 24.3 Å². The number of likely N-dealkylation sites (tertiary alicyclic amines) is 1. The van der Waals surface area contributed by atoms with Crippen LogP contribution in [0, 0.1) is 10.1 Å². The second-order valence-electron chi connectivity index (χ2n) is 9.54. The van der Waals surface area contributed by atoms with Gasteiger partial charge in [0.25, 0.3) is 5.69 Å². The summed E-state index contributed by atoms with van der Waals surface area (Å²) >= 11 is 0. The summed E-state index contributed by atoms with van der Waals surface area (Å²) in [5.41, 5.74) is 2.12. The van der Waals surface area contributed by atoms with Crippen LogP contribution in [0.5, 0.6) is 0 Å². The van der Waals surface area contributed by atoms with Crippen molar-refractivity contribution < 1.29 is 22.6 Å². The summed E-state index contributed by atoms with van der Waals surface area (Å²) in [6, 6.07) is 11.4. The molecule has 1 aliphatic heterocycles. The first-order chi connectivity index (χ1) is 15.5. The molecule has 1 aliphatic carbocycles. The van der Waals surface area contributed by atoms with Crippen LogP contribution in [0.25, 0.3) is 0 Å². The number of non-ortho nitro benzene ring substituents is 1. The zero-order valence-corrected chi connectivity index (χ0v) is 20.0. The second kappa shape index (κ2) is 8.22. The van der Waals surface area contributed by atoms with Crippen LogP contribution < -0.4 is 5.32 Å². The Morgan fingerprint density at radius 2 is 1.79 bits per heavy atom. The van der Waals surface area contributed by atoms with E-state index in [2.05, 4.69) is 12.4 Å². The summed E-state index contributed by atoms with van der Waals surface area (Å²) in [4.78, 5) is 23.8. The Morgan fingerprint density at radius 3 is 2.33 bits per heavy atom. The summed E-state index contributed by atoms with van der Waals surface area (Å²) in [7, 11) is -1.16. The van der Waals surface area contributed by atoms with Crippen LogP contribution in [0.4, 0.5) is 5.69 Å². The van der Waals surface area contributed by atoms with Crippen molar-refractivity contribution in [3.63, 3.8) is 0 Å². The van der Waals surface area contributed by atoms with Crippen LogP contribution in [0.3, 0.4) is 0 Å². The van der Waals surface area contributed by atoms with Crippen molar-refractivity contribution in [2.75, 3.05) is 26.4 Å². The minimum absolute atomic E-state index is 0.00333. The molecule has 1 fully saturated rings. The third-order valence-electron chi connectivity index (χ3n) is 7.55. The van der Waals surface area contributed by atoms with Crippen LogP contribution in [0.15, 0.2) is 47.4 Å². The lowest BCUT2D eigenvalue weighted by molar-refractivity contribution is -0.960. The maximum absolute atomic E-state index is 12.4. The van der Waals surface area contributed by atoms with E-state index in [4.69, 9.17) is 0 Å². The van der Waals surface area contributed by atoms with E-state index in [-0.39, 0.29) is 16.5 Å². The molecule has 8 nitrogen and oxygen atoms in total. The number of nitro groups is 1. The Labute approximate surface area is 194 Å². The zero-order chi connectivity index (χ0) is 24.0. The first-order valence-corrected chi connectivity index (χ1v) is 13.1. The number of benzene rings is 2. The molecule has 1 N–H and O–H groups in total. The zero-order valence-electron chi connectivity index (χ0n) is 19.2. The largest absolute Gasteiger partial charge is 0.343 e. The highest BCUT2D eigenvalue weighted by Crippen LogP contribution is 2.53. The third-order valence-corrected chi connectivity index (χ3v) is 8.68. The smallest absolute Gasteiger partial charge is 0.269 e. The van der Waals surface area contributed by atoms with E-state index in [0.29, 0.717) is 10.9 Å². The van der Waals surface area contributed by atoms with Crippen LogP contribution >= 0.6 is 0 Å². The number of sulfone groups is 1. The number of hydrogen-bond donors (Lipinski definition) is 1. The molecule has 0 saturated carbocycles. The van der Waals surface area contributed by atoms with Crippen molar-refractivity contribution in [3.05, 3.63) is 69.3 Å². The van der Waals surface area contributed by atoms with Gasteiger partial charge in [0.05, 0.1) is 30.0 Å². The number of hydrogen-bond acceptors (Lipinski definition) is 5. The van der Waals surface area contributed by atoms with Crippen LogP contribution in [-0.2, 0) is 26.6 Å². The molecule has 0 spiro atoms. The number of aryl methyl sites for hydroxylation is 1. The maximum Gasteiger partial charge on any atom is 0.269 e. The molecule has 2 aromatic carbocycles. The average Bonchev–Trinajstić information content (AvgIpc) is 3.20. The van der Waals surface area contributed by atoms with Crippen LogP contribution in [-0.4, -0.2) is 50.1 Å². The fraction of sp³-hybridized carbons (Fsp3) is 0.458. The Balaban J connectivity index is 1.98. The molecule has 1 amide bonds. The van der Waals surface area contributed by atoms with Gasteiger partial charge in [0, 0.05) is 50.1 Å². The van der Waals surface area contributed by atoms with E-state index in [1.807, 2.05) is 12.1 Å². The van der Waals surface area contributed by atoms with Crippen molar-refractivity contribution in [1.29, 1.82) is 0 Å². The van der Waals surface area contributed by atoms with Gasteiger partial charge in [-0.3, -0.25) is 14.9 Å². The molecule has 176 valence electrons. The van der Waals surface area contributed by atoms with Crippen LogP contribution in [0.2, 0.25) is 0 Å². The summed E-state index contributed by atoms with van der Waals surface area (Å²) in [5, 5.41) is 14.7. The highest BCUT2D eigenvalue weighted by atomic mass is 32.2. The van der Waals surface area contributed by atoms with Gasteiger partial charge in [-0.2, -0.15) is 0 Å². The van der Waals surface area contributed by atoms with Crippen molar-refractivity contribution in [1.82, 2.24) is 5.32 Å². The molecular weight excluding hydrogens is 442 g/mol. The molecule has 1 saturated heterocycles. The predicted molar refractivity (Wildman–Crippen MR) is 124 cm³/mol. The van der Waals surface area contributed by atoms with Gasteiger partial charge in [-0.05, 0) is 29.7 Å². The number of nitrogens with one attached hydrogen (secondary N) is 1. The number of carbonyl (C=O) groups is 1. The summed E-state index contributed by atoms with van der Waals surface area (Å²) < 4.78 is 24.8. The quantitative estimate of drug-likeness (QED) is 0.408. The lowest BCUT2D eigenvalue weighted by atomic mass is 9.67. The van der Waals surface area contributed by atoms with E-state index in [9.17, 15) is 23.3 Å². The number of rotatable bonds is 5. The monoisotopic (exact) mass is 472 g/mol. The van der Waals surface area contributed by atoms with Gasteiger partial charge in [-0.15, -0.1) is 0 Å². The van der Waals surface area contributed by atoms with Gasteiger partial charge >= 0.3 is 0 Å². The predicted octanol–water partition coefficient (Wildman–Crippen LogP) is 3.26. The van der Waals surface area contributed by atoms with Gasteiger partial charge in [0.2, 0.25) is 5.91 Å². The molecule has 33 heavy (non-hydrogen) atoms. The Hall–Kier alpha value is -2.78. The minimum atomic E-state index is -3.35. The van der Waals surface area contributed by atoms with Gasteiger partial charge < -0.3 is 9.80 Å². The van der Waals surface area contributed by atoms with Crippen LogP contribution in [0.1, 0.15) is 48.9 Å². The number of amides is 1. The van der Waals surface area contributed by atoms with Crippen molar-refractivity contribution in [3.8, 4) is 0 Å². The Bertz CT molecular complexity index is 1200. The molecule has 0 bridgehead atoms. The molecule has 0 radical (unpaired) electrons. The maximum atomic E-state index is 12.4. The number of nitrogens with zero attached hydrogens (tertiary/aromatic N) is 2. The number of fused-ring (bicyclic) bond motifs is 1. The normalized spacial score (nSPS) is 24.2. The third kappa shape index (κ3) is 3.93. The average molecular weight is 473 g/mol. The fourth-order valence-electron chi connectivity index (χ4n) is 5.95. The summed E-state index contributed by atoms with van der Waals surface area (Å²) in [6.45, 7) is 3.29. The van der Waals surface area contributed by atoms with Crippen molar-refractivity contribution in [2.45, 2.75) is 49.1 Å². The van der Waals surface area contributed by atoms with E-state index < -0.39 is 26.3 Å². The van der Waals surface area contributed by atoms with Gasteiger partial charge in [0.15, 0.2) is 9.84 Å². The number of carbonyl (C=O) groups excluding carboxylic acids is 1. The topological polar surface area (TPSA) is 106 Å². The molecule has 4 rings (SSSR count). The molecule has 0 aromatic heterocycles. The SMILES string of the molecule is CC(=O)N[C@@H]1c2cc([N+](=O)[O-])ccc2CC[C@@]1(c1ccc(S(C)(=O)=O)cc1)[N+]1(C)CCCC1. The summed E-state index contributed by atoms with van der Waals surface area (Å²) in [6.07, 6.45) is 4.73. The van der Waals surface area contributed by atoms with Crippen molar-refractivity contribution in [2.24, 2.45) is 0 Å². The van der Waals surface area contributed by atoms with E-state index in [1.165, 1.54) is 19.2 Å². The van der Waals surface area contributed by atoms with E-state index in [0.717, 1.165) is 49.0 Å². The Kier molecular flexibility index (Phi) is 5.82. The lowest BCUT2D eigenvalue weighted by Gasteiger charge is -2.55. The molecular formula is C24H30N3O5S+. The minimum Gasteiger partial charge on any atom is -0.343 e. The molecule has 2 aromatic rings. The first-order valence-electron chi connectivity index (χ1n) is 11.2. The van der Waals surface area contributed by atoms with E-state index >= 15 is 0 Å². The number of likely N-dealkylation sites (N-methyl/N-ethyl adjacent to an activating group) is 1. The Morgan fingerprint density at radius 1 is 1.15 bits per heavy atom. The van der Waals surface area contributed by atoms with Crippen molar-refractivity contribution >= 4 is 21.4 Å². The second-order valence-corrected chi connectivity index (χ2v) is 11.6. The first kappa shape index (κ1) is 23.4. The van der Waals surface area contributed by atoms with Gasteiger partial charge in [0.1, 0.15) is 11.6 Å². The highest BCUT2D eigenvalue weighted by molar-refractivity contribution is 7.90. The van der Waals surface area contributed by atoms with Gasteiger partial charge in [-0.25, -0.2) is 8.42 Å². The fourth-order valence-corrected chi connectivity index (χ4v) is 6.58. The molecule has 9 heteroatoms. The lowest BCUT2D eigenvalue weighted by Crippen LogP contribution is -2.65. The molecule has 2 atom stereocenters. The standard InChI is InChI=1S/C24H29N3O5S/c1-17(28)25-23-22-16-20(26(29)30)9-6-18(22)12-13-24(23,27(2)14-4-5-15-27)19-7-10-21(11-8-19)33(3,31)32/h6-11,16,23H,4-5,12-15H2,1-3H3/p+1/t23-,24+/m1/s1. The highest BCUT2D eigenvalue weighted by Gasteiger charge is 2.58. The molecule has 1 heterocycles. The van der Waals surface area contributed by atoms with Gasteiger partial charge in [-0.1, -0.05) is 18.2 Å². The summed E-state index contributed by atoms with van der Waals surface area (Å²) in [5.74, 6) is -0.206. The molecule has 2 aliphatic rings. The number of quaternary nitrogens is 1. The number of nitro benzene ring substituents is 1. The molecule has 0 unspecified atom stereocenters.